The summed E-state index contributed by atoms with van der Waals surface area (Å²) in [5, 5.41) is 73.5. The second kappa shape index (κ2) is 15.2. The molecule has 288 valence electrons. The van der Waals surface area contributed by atoms with E-state index in [9.17, 15) is 40.2 Å². The molecule has 2 saturated heterocycles. The predicted molar refractivity (Wildman–Crippen MR) is 192 cm³/mol. The van der Waals surface area contributed by atoms with Crippen LogP contribution in [-0.4, -0.2) is 99.0 Å². The van der Waals surface area contributed by atoms with Gasteiger partial charge in [0.05, 0.1) is 7.11 Å². The number of hydrogen-bond donors (Lipinski definition) is 8. The summed E-state index contributed by atoms with van der Waals surface area (Å²) >= 11 is 0. The molecule has 1 aliphatic carbocycles. The van der Waals surface area contributed by atoms with E-state index in [4.69, 9.17) is 23.4 Å². The first-order chi connectivity index (χ1) is 25.9. The second-order valence-corrected chi connectivity index (χ2v) is 14.3. The van der Waals surface area contributed by atoms with Gasteiger partial charge in [0.1, 0.15) is 40.3 Å². The SMILES string of the molecule is COc1ccc(-c2cc(=O)c3c(O)c(O[C@]4(O)CCC[C@H](Cc5ccccc5)C4)c(O[C@@H]4O[C@H](C(=O)O)[C@](O)(C[C@H]5CNCN5)[C@@H](O)[C@H]4O)cc3o2)cc1. The van der Waals surface area contributed by atoms with Gasteiger partial charge in [-0.15, -0.1) is 0 Å². The number of ether oxygens (including phenoxy) is 4. The maximum Gasteiger partial charge on any atom is 0.336 e. The highest BCUT2D eigenvalue weighted by Gasteiger charge is 2.59. The highest BCUT2D eigenvalue weighted by atomic mass is 16.7. The van der Waals surface area contributed by atoms with E-state index >= 15 is 0 Å². The van der Waals surface area contributed by atoms with E-state index in [2.05, 4.69) is 10.6 Å². The topological polar surface area (TPSA) is 230 Å². The van der Waals surface area contributed by atoms with E-state index in [0.717, 1.165) is 12.0 Å². The van der Waals surface area contributed by atoms with Crippen LogP contribution >= 0.6 is 0 Å². The molecular formula is C39H44N2O13. The molecule has 15 heteroatoms. The Balaban J connectivity index is 1.27. The minimum absolute atomic E-state index is 0.00699. The molecule has 3 fully saturated rings. The largest absolute Gasteiger partial charge is 0.504 e. The van der Waals surface area contributed by atoms with Crippen molar-refractivity contribution in [1.82, 2.24) is 10.6 Å². The summed E-state index contributed by atoms with van der Waals surface area (Å²) in [5.41, 5.74) is -1.69. The third kappa shape index (κ3) is 7.48. The van der Waals surface area contributed by atoms with Gasteiger partial charge in [0.15, 0.2) is 23.0 Å². The molecule has 2 aliphatic heterocycles. The lowest BCUT2D eigenvalue weighted by Gasteiger charge is -2.47. The average molecular weight is 749 g/mol. The van der Waals surface area contributed by atoms with Crippen LogP contribution in [0.4, 0.5) is 0 Å². The predicted octanol–water partition coefficient (Wildman–Crippen LogP) is 2.22. The molecule has 4 aromatic rings. The van der Waals surface area contributed by atoms with E-state index in [1.807, 2.05) is 30.3 Å². The molecule has 54 heavy (non-hydrogen) atoms. The molecule has 0 radical (unpaired) electrons. The van der Waals surface area contributed by atoms with Crippen LogP contribution in [0.1, 0.15) is 37.7 Å². The third-order valence-electron chi connectivity index (χ3n) is 10.5. The summed E-state index contributed by atoms with van der Waals surface area (Å²) in [5.74, 6) is -4.42. The molecule has 15 nitrogen and oxygen atoms in total. The molecule has 0 spiro atoms. The Kier molecular flexibility index (Phi) is 10.6. The van der Waals surface area contributed by atoms with E-state index in [1.54, 1.807) is 24.3 Å². The highest BCUT2D eigenvalue weighted by molar-refractivity contribution is 5.89. The lowest BCUT2D eigenvalue weighted by atomic mass is 9.79. The van der Waals surface area contributed by atoms with Crippen molar-refractivity contribution < 1.29 is 58.8 Å². The van der Waals surface area contributed by atoms with Crippen LogP contribution in [-0.2, 0) is 16.0 Å². The van der Waals surface area contributed by atoms with E-state index < -0.39 is 70.7 Å². The van der Waals surface area contributed by atoms with Gasteiger partial charge < -0.3 is 64.6 Å². The Bertz CT molecular complexity index is 2020. The number of aliphatic carboxylic acids is 1. The van der Waals surface area contributed by atoms with E-state index in [0.29, 0.717) is 37.4 Å². The minimum Gasteiger partial charge on any atom is -0.504 e. The number of phenols is 1. The lowest BCUT2D eigenvalue weighted by molar-refractivity contribution is -0.307. The molecule has 0 amide bonds. The van der Waals surface area contributed by atoms with Gasteiger partial charge in [-0.05, 0) is 61.4 Å². The molecule has 8 N–H and O–H groups in total. The van der Waals surface area contributed by atoms with Crippen molar-refractivity contribution in [3.63, 3.8) is 0 Å². The van der Waals surface area contributed by atoms with Crippen molar-refractivity contribution in [2.45, 2.75) is 80.6 Å². The zero-order valence-electron chi connectivity index (χ0n) is 29.5. The number of nitrogens with one attached hydrogen (secondary N) is 2. The molecule has 0 unspecified atom stereocenters. The molecule has 3 heterocycles. The van der Waals surface area contributed by atoms with Crippen LogP contribution in [0, 0.1) is 5.92 Å². The molecular weight excluding hydrogens is 704 g/mol. The molecule has 3 aliphatic rings. The first kappa shape index (κ1) is 37.6. The number of carboxylic acids is 1. The number of rotatable bonds is 11. The number of hydrogen-bond acceptors (Lipinski definition) is 14. The Morgan fingerprint density at radius 1 is 1.06 bits per heavy atom. The first-order valence-corrected chi connectivity index (χ1v) is 17.9. The maximum absolute atomic E-state index is 13.6. The van der Waals surface area contributed by atoms with Gasteiger partial charge in [0, 0.05) is 49.8 Å². The van der Waals surface area contributed by atoms with E-state index in [-0.39, 0.29) is 41.9 Å². The quantitative estimate of drug-likeness (QED) is 0.103. The molecule has 7 rings (SSSR count). The summed E-state index contributed by atoms with van der Waals surface area (Å²) in [4.78, 5) is 26.1. The maximum atomic E-state index is 13.6. The van der Waals surface area contributed by atoms with Crippen molar-refractivity contribution >= 4 is 16.9 Å². The zero-order valence-corrected chi connectivity index (χ0v) is 29.5. The number of phenolic OH excluding ortho intramolecular Hbond substituents is 1. The van der Waals surface area contributed by atoms with Crippen molar-refractivity contribution in [3.8, 4) is 34.3 Å². The first-order valence-electron chi connectivity index (χ1n) is 17.9. The summed E-state index contributed by atoms with van der Waals surface area (Å²) < 4.78 is 29.2. The lowest BCUT2D eigenvalue weighted by Crippen LogP contribution is -2.70. The number of carboxylic acid groups (broad SMARTS) is 1. The Labute approximate surface area is 309 Å². The van der Waals surface area contributed by atoms with Gasteiger partial charge in [-0.1, -0.05) is 30.3 Å². The summed E-state index contributed by atoms with van der Waals surface area (Å²) in [6.07, 6.45) is -6.03. The van der Waals surface area contributed by atoms with Crippen molar-refractivity contribution in [3.05, 3.63) is 82.5 Å². The fourth-order valence-electron chi connectivity index (χ4n) is 7.80. The molecule has 3 aromatic carbocycles. The zero-order chi connectivity index (χ0) is 38.2. The van der Waals surface area contributed by atoms with Crippen LogP contribution in [0.2, 0.25) is 0 Å². The number of aromatic hydroxyl groups is 1. The molecule has 8 atom stereocenters. The average Bonchev–Trinajstić information content (AvgIpc) is 3.66. The summed E-state index contributed by atoms with van der Waals surface area (Å²) in [6.45, 7) is 0.765. The third-order valence-corrected chi connectivity index (χ3v) is 10.5. The number of fused-ring (bicyclic) bond motifs is 1. The van der Waals surface area contributed by atoms with Crippen molar-refractivity contribution in [2.24, 2.45) is 5.92 Å². The Hall–Kier alpha value is -4.74. The number of benzene rings is 3. The van der Waals surface area contributed by atoms with Gasteiger partial charge in [-0.2, -0.15) is 0 Å². The van der Waals surface area contributed by atoms with E-state index in [1.165, 1.54) is 19.2 Å². The number of methoxy groups -OCH3 is 1. The van der Waals surface area contributed by atoms with Crippen LogP contribution in [0.3, 0.4) is 0 Å². The monoisotopic (exact) mass is 748 g/mol. The van der Waals surface area contributed by atoms with Gasteiger partial charge in [0.2, 0.25) is 17.8 Å². The smallest absolute Gasteiger partial charge is 0.336 e. The van der Waals surface area contributed by atoms with Crippen LogP contribution in [0.15, 0.2) is 75.9 Å². The standard InChI is InChI=1S/C39H44N2O13/c1-50-25-11-9-23(10-12-25)27-15-26(42)30-28(51-27)16-29(33(31(30)43)54-38(48)13-5-8-22(17-38)14-21-6-3-2-4-7-21)52-37-32(44)34(45)39(49,35(53-37)36(46)47)18-24-19-40-20-41-24/h2-4,6-7,9-12,15-16,22,24,32,34-35,37,40-41,43-45,48-49H,5,8,13-14,17-20H2,1H3,(H,46,47)/t22-,24+,32-,34+,35-,37-,38-,39+/m1/s1. The van der Waals surface area contributed by atoms with Crippen molar-refractivity contribution in [1.29, 1.82) is 0 Å². The fraction of sp³-hybridized carbons (Fsp3) is 0.436. The van der Waals surface area contributed by atoms with Crippen LogP contribution in [0.25, 0.3) is 22.3 Å². The Morgan fingerprint density at radius 3 is 2.50 bits per heavy atom. The summed E-state index contributed by atoms with van der Waals surface area (Å²) in [6, 6.07) is 18.4. The molecule has 1 aromatic heterocycles. The minimum atomic E-state index is -2.44. The van der Waals surface area contributed by atoms with Gasteiger partial charge in [-0.3, -0.25) is 4.79 Å². The Morgan fingerprint density at radius 2 is 1.81 bits per heavy atom. The number of aliphatic hydroxyl groups is 4. The summed E-state index contributed by atoms with van der Waals surface area (Å²) in [7, 11) is 1.51. The fourth-order valence-corrected chi connectivity index (χ4v) is 7.80. The van der Waals surface area contributed by atoms with Gasteiger partial charge in [-0.25, -0.2) is 4.79 Å². The molecule has 1 saturated carbocycles. The van der Waals surface area contributed by atoms with Crippen LogP contribution < -0.4 is 30.3 Å². The highest BCUT2D eigenvalue weighted by Crippen LogP contribution is 2.48. The second-order valence-electron chi connectivity index (χ2n) is 14.3. The van der Waals surface area contributed by atoms with Gasteiger partial charge >= 0.3 is 5.97 Å². The van der Waals surface area contributed by atoms with Crippen LogP contribution in [0.5, 0.6) is 23.0 Å². The molecule has 0 bridgehead atoms. The number of carbonyl (C=O) groups is 1. The normalized spacial score (nSPS) is 29.9. The van der Waals surface area contributed by atoms with Crippen molar-refractivity contribution in [2.75, 3.05) is 20.3 Å². The number of aliphatic hydroxyl groups excluding tert-OH is 2. The van der Waals surface area contributed by atoms with Gasteiger partial charge in [0.25, 0.3) is 0 Å².